The maximum Gasteiger partial charge on any atom is 0.347 e. The smallest absolute Gasteiger partial charge is 0.347 e. The number of aromatic nitrogens is 2. The molecule has 4 nitrogen and oxygen atoms in total. The Balaban J connectivity index is 2.18. The van der Waals surface area contributed by atoms with Crippen LogP contribution in [0.1, 0.15) is 33.4 Å². The van der Waals surface area contributed by atoms with E-state index in [-0.39, 0.29) is 0 Å². The van der Waals surface area contributed by atoms with E-state index in [2.05, 4.69) is 37.0 Å². The molecule has 2 heterocycles. The number of carbonyl (C=O) groups is 1. The monoisotopic (exact) mass is 300 g/mol. The minimum absolute atomic E-state index is 0.382. The van der Waals surface area contributed by atoms with Crippen molar-refractivity contribution in [1.29, 1.82) is 0 Å². The normalized spacial score (nSPS) is 11.2. The lowest BCUT2D eigenvalue weighted by molar-refractivity contribution is 0.0700. The van der Waals surface area contributed by atoms with Crippen molar-refractivity contribution in [3.05, 3.63) is 46.1 Å². The molecule has 0 aliphatic carbocycles. The van der Waals surface area contributed by atoms with Crippen LogP contribution in [0.25, 0.3) is 16.2 Å². The molecule has 5 heteroatoms. The average molecular weight is 300 g/mol. The number of hydrogen-bond acceptors (Lipinski definition) is 3. The minimum atomic E-state index is -0.879. The molecular formula is C16H16N2O2S. The Morgan fingerprint density at radius 2 is 2.14 bits per heavy atom. The van der Waals surface area contributed by atoms with Gasteiger partial charge in [0.1, 0.15) is 4.88 Å². The molecule has 1 N–H and O–H groups in total. The van der Waals surface area contributed by atoms with Crippen LogP contribution >= 0.6 is 11.3 Å². The second kappa shape index (κ2) is 5.00. The standard InChI is InChI=1S/C16H16N2O2S/c1-4-13-14(15(19)20)21-16-17-12(8-18(13)16)11-6-5-9(2)7-10(11)3/h5-8H,4H2,1-3H3,(H,19,20). The van der Waals surface area contributed by atoms with Crippen molar-refractivity contribution in [3.8, 4) is 11.3 Å². The van der Waals surface area contributed by atoms with E-state index < -0.39 is 5.97 Å². The van der Waals surface area contributed by atoms with E-state index in [0.29, 0.717) is 11.3 Å². The first-order chi connectivity index (χ1) is 10.0. The van der Waals surface area contributed by atoms with Gasteiger partial charge in [0.2, 0.25) is 0 Å². The van der Waals surface area contributed by atoms with Gasteiger partial charge in [0.15, 0.2) is 4.96 Å². The first kappa shape index (κ1) is 13.8. The molecular weight excluding hydrogens is 284 g/mol. The lowest BCUT2D eigenvalue weighted by Crippen LogP contribution is -1.99. The first-order valence-corrected chi connectivity index (χ1v) is 7.64. The van der Waals surface area contributed by atoms with Crippen molar-refractivity contribution < 1.29 is 9.90 Å². The fourth-order valence-electron chi connectivity index (χ4n) is 2.62. The molecule has 2 aromatic heterocycles. The highest BCUT2D eigenvalue weighted by atomic mass is 32.1. The first-order valence-electron chi connectivity index (χ1n) is 6.83. The highest BCUT2D eigenvalue weighted by Crippen LogP contribution is 2.29. The highest BCUT2D eigenvalue weighted by molar-refractivity contribution is 7.19. The number of rotatable bonds is 3. The molecule has 1 aromatic carbocycles. The molecule has 0 fully saturated rings. The maximum absolute atomic E-state index is 11.3. The Labute approximate surface area is 126 Å². The third-order valence-electron chi connectivity index (χ3n) is 3.61. The van der Waals surface area contributed by atoms with Gasteiger partial charge in [0.05, 0.1) is 5.69 Å². The van der Waals surface area contributed by atoms with Crippen LogP contribution in [0, 0.1) is 13.8 Å². The number of aryl methyl sites for hydroxylation is 3. The largest absolute Gasteiger partial charge is 0.477 e. The van der Waals surface area contributed by atoms with E-state index in [1.54, 1.807) is 0 Å². The number of imidazole rings is 1. The van der Waals surface area contributed by atoms with E-state index in [1.807, 2.05) is 17.5 Å². The Morgan fingerprint density at radius 3 is 2.76 bits per heavy atom. The van der Waals surface area contributed by atoms with Gasteiger partial charge in [-0.05, 0) is 25.8 Å². The van der Waals surface area contributed by atoms with Crippen molar-refractivity contribution in [1.82, 2.24) is 9.38 Å². The number of carboxylic acids is 1. The van der Waals surface area contributed by atoms with Gasteiger partial charge in [-0.1, -0.05) is 42.0 Å². The van der Waals surface area contributed by atoms with Crippen LogP contribution in [0.3, 0.4) is 0 Å². The number of hydrogen-bond donors (Lipinski definition) is 1. The molecule has 0 saturated heterocycles. The van der Waals surface area contributed by atoms with E-state index in [1.165, 1.54) is 22.5 Å². The van der Waals surface area contributed by atoms with Crippen LogP contribution in [0.5, 0.6) is 0 Å². The van der Waals surface area contributed by atoms with Gasteiger partial charge in [0.25, 0.3) is 0 Å². The summed E-state index contributed by atoms with van der Waals surface area (Å²) in [5, 5.41) is 9.25. The number of fused-ring (bicyclic) bond motifs is 1. The predicted molar refractivity (Wildman–Crippen MR) is 84.3 cm³/mol. The summed E-state index contributed by atoms with van der Waals surface area (Å²) in [6.45, 7) is 6.10. The number of benzene rings is 1. The highest BCUT2D eigenvalue weighted by Gasteiger charge is 2.19. The van der Waals surface area contributed by atoms with Crippen LogP contribution in [0.15, 0.2) is 24.4 Å². The van der Waals surface area contributed by atoms with Crippen LogP contribution in [-0.4, -0.2) is 20.5 Å². The zero-order valence-corrected chi connectivity index (χ0v) is 13.0. The van der Waals surface area contributed by atoms with Gasteiger partial charge in [-0.15, -0.1) is 0 Å². The van der Waals surface area contributed by atoms with Crippen LogP contribution in [0.2, 0.25) is 0 Å². The molecule has 108 valence electrons. The van der Waals surface area contributed by atoms with Gasteiger partial charge >= 0.3 is 5.97 Å². The van der Waals surface area contributed by atoms with Crippen molar-refractivity contribution >= 4 is 22.3 Å². The van der Waals surface area contributed by atoms with E-state index in [0.717, 1.165) is 21.9 Å². The van der Waals surface area contributed by atoms with Gasteiger partial charge in [-0.3, -0.25) is 4.40 Å². The lowest BCUT2D eigenvalue weighted by atomic mass is 10.0. The Morgan fingerprint density at radius 1 is 1.38 bits per heavy atom. The Hall–Kier alpha value is -2.14. The number of carboxylic acid groups (broad SMARTS) is 1. The maximum atomic E-state index is 11.3. The zero-order valence-electron chi connectivity index (χ0n) is 12.2. The summed E-state index contributed by atoms with van der Waals surface area (Å²) in [5.74, 6) is -0.879. The molecule has 0 bridgehead atoms. The fraction of sp³-hybridized carbons (Fsp3) is 0.250. The van der Waals surface area contributed by atoms with Crippen molar-refractivity contribution in [3.63, 3.8) is 0 Å². The Bertz CT molecular complexity index is 845. The zero-order chi connectivity index (χ0) is 15.1. The van der Waals surface area contributed by atoms with Gasteiger partial charge in [-0.25, -0.2) is 9.78 Å². The number of aromatic carboxylic acids is 1. The van der Waals surface area contributed by atoms with E-state index in [4.69, 9.17) is 0 Å². The molecule has 3 rings (SSSR count). The lowest BCUT2D eigenvalue weighted by Gasteiger charge is -2.03. The second-order valence-electron chi connectivity index (χ2n) is 5.13. The molecule has 0 radical (unpaired) electrons. The number of nitrogens with zero attached hydrogens (tertiary/aromatic N) is 2. The summed E-state index contributed by atoms with van der Waals surface area (Å²) < 4.78 is 1.91. The van der Waals surface area contributed by atoms with Crippen LogP contribution < -0.4 is 0 Å². The van der Waals surface area contributed by atoms with Gasteiger partial charge in [-0.2, -0.15) is 0 Å². The summed E-state index contributed by atoms with van der Waals surface area (Å²) in [6.07, 6.45) is 2.61. The molecule has 0 unspecified atom stereocenters. The molecule has 3 aromatic rings. The van der Waals surface area contributed by atoms with Crippen LogP contribution in [-0.2, 0) is 6.42 Å². The molecule has 0 atom stereocenters. The molecule has 0 spiro atoms. The predicted octanol–water partition coefficient (Wildman–Crippen LogP) is 3.94. The van der Waals surface area contributed by atoms with Gasteiger partial charge < -0.3 is 5.11 Å². The van der Waals surface area contributed by atoms with Crippen molar-refractivity contribution in [2.45, 2.75) is 27.2 Å². The fourth-order valence-corrected chi connectivity index (χ4v) is 3.65. The number of thiazole rings is 1. The third kappa shape index (κ3) is 2.23. The van der Waals surface area contributed by atoms with Crippen molar-refractivity contribution in [2.75, 3.05) is 0 Å². The summed E-state index contributed by atoms with van der Waals surface area (Å²) >= 11 is 1.23. The summed E-state index contributed by atoms with van der Waals surface area (Å²) in [7, 11) is 0. The van der Waals surface area contributed by atoms with E-state index >= 15 is 0 Å². The topological polar surface area (TPSA) is 54.6 Å². The minimum Gasteiger partial charge on any atom is -0.477 e. The quantitative estimate of drug-likeness (QED) is 0.797. The van der Waals surface area contributed by atoms with Crippen molar-refractivity contribution in [2.24, 2.45) is 0 Å². The van der Waals surface area contributed by atoms with E-state index in [9.17, 15) is 9.90 Å². The molecule has 0 aliphatic heterocycles. The molecule has 0 aliphatic rings. The summed E-state index contributed by atoms with van der Waals surface area (Å²) in [6, 6.07) is 6.27. The Kier molecular flexibility index (Phi) is 3.29. The second-order valence-corrected chi connectivity index (χ2v) is 6.11. The molecule has 0 saturated carbocycles. The third-order valence-corrected chi connectivity index (χ3v) is 4.69. The molecule has 21 heavy (non-hydrogen) atoms. The SMILES string of the molecule is CCc1c(C(=O)O)sc2nc(-c3ccc(C)cc3C)cn12. The average Bonchev–Trinajstić information content (AvgIpc) is 2.95. The summed E-state index contributed by atoms with van der Waals surface area (Å²) in [4.78, 5) is 17.0. The molecule has 0 amide bonds. The summed E-state index contributed by atoms with van der Waals surface area (Å²) in [5.41, 5.74) is 5.20. The van der Waals surface area contributed by atoms with Gasteiger partial charge in [0, 0.05) is 17.5 Å². The van der Waals surface area contributed by atoms with Crippen LogP contribution in [0.4, 0.5) is 0 Å².